The van der Waals surface area contributed by atoms with Gasteiger partial charge in [-0.05, 0) is 42.7 Å². The number of fused-ring (bicyclic) bond motifs is 2. The summed E-state index contributed by atoms with van der Waals surface area (Å²) in [6.07, 6.45) is 0. The van der Waals surface area contributed by atoms with Crippen molar-refractivity contribution >= 4 is 37.8 Å². The average molecular weight is 395 g/mol. The van der Waals surface area contributed by atoms with Crippen LogP contribution in [-0.2, 0) is 16.6 Å². The van der Waals surface area contributed by atoms with Gasteiger partial charge in [0, 0.05) is 11.9 Å². The van der Waals surface area contributed by atoms with E-state index >= 15 is 0 Å². The number of benzene rings is 2. The van der Waals surface area contributed by atoms with E-state index in [9.17, 15) is 8.42 Å². The summed E-state index contributed by atoms with van der Waals surface area (Å²) in [4.78, 5) is 4.98. The summed E-state index contributed by atoms with van der Waals surface area (Å²) in [6.45, 7) is 6.85. The molecular formula is C21H22N4O2S. The molecule has 4 aromatic rings. The fraction of sp³-hybridized carbons (Fsp3) is 0.238. The molecule has 0 radical (unpaired) electrons. The third-order valence-electron chi connectivity index (χ3n) is 4.50. The summed E-state index contributed by atoms with van der Waals surface area (Å²) in [5.41, 5.74) is 2.67. The van der Waals surface area contributed by atoms with Crippen molar-refractivity contribution in [3.63, 3.8) is 0 Å². The Morgan fingerprint density at radius 2 is 1.82 bits per heavy atom. The van der Waals surface area contributed by atoms with Crippen LogP contribution in [0.3, 0.4) is 0 Å². The molecule has 0 bridgehead atoms. The standard InChI is InChI=1S/C21H22N4O2S/c1-14(2)13-25-21-18(12-16-10-9-15(3)11-19(16)22-21)20(23-25)24-28(26,27)17-7-5-4-6-8-17/h4-12,14H,13H2,1-3H3,(H,23,24). The molecule has 0 unspecified atom stereocenters. The van der Waals surface area contributed by atoms with E-state index in [-0.39, 0.29) is 4.90 Å². The Morgan fingerprint density at radius 1 is 1.07 bits per heavy atom. The number of nitrogens with zero attached hydrogens (tertiary/aromatic N) is 3. The van der Waals surface area contributed by atoms with Crippen LogP contribution < -0.4 is 4.72 Å². The normalized spacial score (nSPS) is 12.1. The maximum Gasteiger partial charge on any atom is 0.263 e. The second-order valence-electron chi connectivity index (χ2n) is 7.40. The molecule has 0 saturated carbocycles. The van der Waals surface area contributed by atoms with Crippen LogP contribution in [-0.4, -0.2) is 23.2 Å². The van der Waals surface area contributed by atoms with E-state index in [2.05, 4.69) is 23.7 Å². The first-order chi connectivity index (χ1) is 13.3. The summed E-state index contributed by atoms with van der Waals surface area (Å²) in [6, 6.07) is 16.3. The molecule has 0 saturated heterocycles. The lowest BCUT2D eigenvalue weighted by molar-refractivity contribution is 0.494. The highest BCUT2D eigenvalue weighted by Gasteiger charge is 2.20. The Kier molecular flexibility index (Phi) is 4.55. The van der Waals surface area contributed by atoms with E-state index in [4.69, 9.17) is 4.98 Å². The predicted octanol–water partition coefficient (Wildman–Crippen LogP) is 4.35. The highest BCUT2D eigenvalue weighted by atomic mass is 32.2. The summed E-state index contributed by atoms with van der Waals surface area (Å²) < 4.78 is 30.0. The molecular weight excluding hydrogens is 372 g/mol. The van der Waals surface area contributed by atoms with Crippen molar-refractivity contribution in [1.82, 2.24) is 14.8 Å². The molecule has 144 valence electrons. The molecule has 0 atom stereocenters. The molecule has 2 aromatic heterocycles. The predicted molar refractivity (Wildman–Crippen MR) is 112 cm³/mol. The Labute approximate surface area is 164 Å². The van der Waals surface area contributed by atoms with Gasteiger partial charge in [-0.15, -0.1) is 0 Å². The van der Waals surface area contributed by atoms with Gasteiger partial charge in [0.05, 0.1) is 15.8 Å². The van der Waals surface area contributed by atoms with Crippen molar-refractivity contribution in [3.8, 4) is 0 Å². The molecule has 0 fully saturated rings. The Hall–Kier alpha value is -2.93. The maximum absolute atomic E-state index is 12.8. The SMILES string of the molecule is Cc1ccc2cc3c(NS(=O)(=O)c4ccccc4)nn(CC(C)C)c3nc2c1. The van der Waals surface area contributed by atoms with Crippen LogP contribution in [0, 0.1) is 12.8 Å². The second-order valence-corrected chi connectivity index (χ2v) is 9.08. The zero-order valence-electron chi connectivity index (χ0n) is 16.0. The van der Waals surface area contributed by atoms with Gasteiger partial charge < -0.3 is 0 Å². The van der Waals surface area contributed by atoms with Gasteiger partial charge in [-0.25, -0.2) is 18.1 Å². The van der Waals surface area contributed by atoms with Crippen molar-refractivity contribution < 1.29 is 8.42 Å². The molecule has 0 aliphatic rings. The second kappa shape index (κ2) is 6.91. The van der Waals surface area contributed by atoms with Crippen molar-refractivity contribution in [2.45, 2.75) is 32.2 Å². The van der Waals surface area contributed by atoms with Crippen LogP contribution in [0.15, 0.2) is 59.5 Å². The van der Waals surface area contributed by atoms with E-state index in [0.717, 1.165) is 16.5 Å². The number of sulfonamides is 1. The van der Waals surface area contributed by atoms with Crippen molar-refractivity contribution in [1.29, 1.82) is 0 Å². The lowest BCUT2D eigenvalue weighted by atomic mass is 10.1. The van der Waals surface area contributed by atoms with Crippen LogP contribution in [0.4, 0.5) is 5.82 Å². The Morgan fingerprint density at radius 3 is 2.54 bits per heavy atom. The molecule has 0 amide bonds. The highest BCUT2D eigenvalue weighted by molar-refractivity contribution is 7.92. The molecule has 28 heavy (non-hydrogen) atoms. The lowest BCUT2D eigenvalue weighted by Gasteiger charge is -2.06. The summed E-state index contributed by atoms with van der Waals surface area (Å²) >= 11 is 0. The van der Waals surface area contributed by atoms with E-state index in [1.165, 1.54) is 0 Å². The number of anilines is 1. The zero-order chi connectivity index (χ0) is 19.9. The highest BCUT2D eigenvalue weighted by Crippen LogP contribution is 2.28. The van der Waals surface area contributed by atoms with Gasteiger partial charge >= 0.3 is 0 Å². The first-order valence-electron chi connectivity index (χ1n) is 9.19. The fourth-order valence-electron chi connectivity index (χ4n) is 3.19. The third-order valence-corrected chi connectivity index (χ3v) is 5.85. The van der Waals surface area contributed by atoms with Gasteiger partial charge in [-0.3, -0.25) is 4.72 Å². The largest absolute Gasteiger partial charge is 0.263 e. The van der Waals surface area contributed by atoms with E-state index < -0.39 is 10.0 Å². The number of pyridine rings is 1. The quantitative estimate of drug-likeness (QED) is 0.546. The molecule has 0 spiro atoms. The summed E-state index contributed by atoms with van der Waals surface area (Å²) in [5, 5.41) is 6.19. The Balaban J connectivity index is 1.89. The Bertz CT molecular complexity index is 1260. The number of nitrogens with one attached hydrogen (secondary N) is 1. The van der Waals surface area contributed by atoms with Gasteiger partial charge in [-0.1, -0.05) is 44.2 Å². The molecule has 2 heterocycles. The molecule has 1 N–H and O–H groups in total. The minimum Gasteiger partial charge on any atom is -0.261 e. The minimum absolute atomic E-state index is 0.200. The van der Waals surface area contributed by atoms with Gasteiger partial charge in [0.25, 0.3) is 10.0 Å². The molecule has 0 aliphatic heterocycles. The first kappa shape index (κ1) is 18.4. The fourth-order valence-corrected chi connectivity index (χ4v) is 4.23. The summed E-state index contributed by atoms with van der Waals surface area (Å²) in [7, 11) is -3.73. The van der Waals surface area contributed by atoms with Gasteiger partial charge in [0.2, 0.25) is 0 Å². The lowest BCUT2D eigenvalue weighted by Crippen LogP contribution is -2.14. The molecule has 7 heteroatoms. The number of aromatic nitrogens is 3. The van der Waals surface area contributed by atoms with E-state index in [0.29, 0.717) is 29.3 Å². The van der Waals surface area contributed by atoms with Crippen LogP contribution in [0.2, 0.25) is 0 Å². The molecule has 6 nitrogen and oxygen atoms in total. The average Bonchev–Trinajstić information content (AvgIpc) is 2.96. The topological polar surface area (TPSA) is 76.9 Å². The number of hydrogen-bond donors (Lipinski definition) is 1. The van der Waals surface area contributed by atoms with Crippen LogP contribution in [0.1, 0.15) is 19.4 Å². The molecule has 2 aromatic carbocycles. The van der Waals surface area contributed by atoms with Gasteiger partial charge in [0.1, 0.15) is 0 Å². The van der Waals surface area contributed by atoms with E-state index in [1.54, 1.807) is 35.0 Å². The van der Waals surface area contributed by atoms with Crippen LogP contribution in [0.5, 0.6) is 0 Å². The van der Waals surface area contributed by atoms with Gasteiger partial charge in [-0.2, -0.15) is 5.10 Å². The van der Waals surface area contributed by atoms with Crippen LogP contribution in [0.25, 0.3) is 21.9 Å². The third kappa shape index (κ3) is 3.45. The van der Waals surface area contributed by atoms with Crippen molar-refractivity contribution in [2.75, 3.05) is 4.72 Å². The monoisotopic (exact) mass is 394 g/mol. The zero-order valence-corrected chi connectivity index (χ0v) is 16.9. The maximum atomic E-state index is 12.8. The number of rotatable bonds is 5. The smallest absolute Gasteiger partial charge is 0.261 e. The molecule has 0 aliphatic carbocycles. The van der Waals surface area contributed by atoms with Crippen molar-refractivity contribution in [3.05, 3.63) is 60.2 Å². The van der Waals surface area contributed by atoms with Gasteiger partial charge in [0.15, 0.2) is 11.5 Å². The number of hydrogen-bond acceptors (Lipinski definition) is 4. The van der Waals surface area contributed by atoms with Crippen LogP contribution >= 0.6 is 0 Å². The van der Waals surface area contributed by atoms with E-state index in [1.807, 2.05) is 31.2 Å². The summed E-state index contributed by atoms with van der Waals surface area (Å²) in [5.74, 6) is 0.645. The minimum atomic E-state index is -3.73. The van der Waals surface area contributed by atoms with Crippen molar-refractivity contribution in [2.24, 2.45) is 5.92 Å². The first-order valence-corrected chi connectivity index (χ1v) is 10.7. The molecule has 4 rings (SSSR count). The number of aryl methyl sites for hydroxylation is 1.